The van der Waals surface area contributed by atoms with Gasteiger partial charge >= 0.3 is 5.97 Å². The zero-order valence-electron chi connectivity index (χ0n) is 18.2. The number of carbonyl (C=O) groups is 2. The van der Waals surface area contributed by atoms with Gasteiger partial charge in [-0.3, -0.25) is 9.78 Å². The van der Waals surface area contributed by atoms with Crippen molar-refractivity contribution in [2.75, 3.05) is 6.61 Å². The molecule has 1 aromatic heterocycles. The molecule has 0 aliphatic carbocycles. The predicted molar refractivity (Wildman–Crippen MR) is 129 cm³/mol. The number of aromatic nitrogens is 1. The van der Waals surface area contributed by atoms with E-state index in [1.54, 1.807) is 38.4 Å². The number of thioether (sulfide) groups is 1. The van der Waals surface area contributed by atoms with Crippen molar-refractivity contribution in [1.82, 2.24) is 15.2 Å². The number of esters is 1. The Labute approximate surface area is 201 Å². The molecule has 7 nitrogen and oxygen atoms in total. The lowest BCUT2D eigenvalue weighted by Crippen LogP contribution is -2.38. The smallest absolute Gasteiger partial charge is 0.338 e. The summed E-state index contributed by atoms with van der Waals surface area (Å²) in [7, 11) is 0. The van der Waals surface area contributed by atoms with E-state index in [1.807, 2.05) is 34.6 Å². The average Bonchev–Trinajstić information content (AvgIpc) is 3.20. The first-order valence-electron chi connectivity index (χ1n) is 10.5. The Morgan fingerprint density at radius 2 is 1.91 bits per heavy atom. The first-order valence-corrected chi connectivity index (χ1v) is 11.8. The van der Waals surface area contributed by atoms with E-state index >= 15 is 0 Å². The molecule has 2 aliphatic heterocycles. The average molecular weight is 483 g/mol. The lowest BCUT2D eigenvalue weighted by molar-refractivity contribution is -0.139. The van der Waals surface area contributed by atoms with Crippen LogP contribution in [0.4, 0.5) is 0 Å². The summed E-state index contributed by atoms with van der Waals surface area (Å²) in [4.78, 5) is 36.2. The fourth-order valence-corrected chi connectivity index (χ4v) is 4.82. The highest BCUT2D eigenvalue weighted by molar-refractivity contribution is 8.16. The van der Waals surface area contributed by atoms with Crippen LogP contribution in [0.5, 0.6) is 0 Å². The molecule has 33 heavy (non-hydrogen) atoms. The Bertz CT molecular complexity index is 1150. The molecule has 0 fully saturated rings. The molecule has 9 heteroatoms. The minimum atomic E-state index is -0.469. The summed E-state index contributed by atoms with van der Waals surface area (Å²) in [5, 5.41) is 6.17. The monoisotopic (exact) mass is 482 g/mol. The Balaban J connectivity index is 1.60. The standard InChI is InChI=1S/C24H23ClN4O3S/c1-3-32-23(31)21-15(2)28-24-29(22(21)17-4-6-18(25)7-5-17)19(14-33-24)12-20(30)27-13-16-8-10-26-11-9-16/h4-11,14,22H,3,12-13H2,1-2H3,(H,27,30)/t22-/m1/s1. The van der Waals surface area contributed by atoms with Crippen LogP contribution in [0.1, 0.15) is 37.4 Å². The minimum absolute atomic E-state index is 0.126. The highest BCUT2D eigenvalue weighted by atomic mass is 35.5. The number of allylic oxidation sites excluding steroid dienone is 1. The molecule has 0 saturated heterocycles. The number of ether oxygens (including phenoxy) is 1. The number of fused-ring (bicyclic) bond motifs is 1. The van der Waals surface area contributed by atoms with Crippen LogP contribution in [-0.4, -0.2) is 33.5 Å². The summed E-state index contributed by atoms with van der Waals surface area (Å²) >= 11 is 7.55. The summed E-state index contributed by atoms with van der Waals surface area (Å²) in [5.74, 6) is -0.546. The van der Waals surface area contributed by atoms with Crippen LogP contribution in [0.3, 0.4) is 0 Å². The van der Waals surface area contributed by atoms with Crippen LogP contribution in [-0.2, 0) is 20.9 Å². The van der Waals surface area contributed by atoms with Gasteiger partial charge in [-0.25, -0.2) is 9.79 Å². The molecule has 4 rings (SSSR count). The fraction of sp³-hybridized carbons (Fsp3) is 0.250. The van der Waals surface area contributed by atoms with Gasteiger partial charge in [-0.15, -0.1) is 0 Å². The number of benzene rings is 1. The van der Waals surface area contributed by atoms with E-state index < -0.39 is 12.0 Å². The quantitative estimate of drug-likeness (QED) is 0.581. The normalized spacial score (nSPS) is 17.3. The molecular weight excluding hydrogens is 460 g/mol. The Morgan fingerprint density at radius 1 is 1.18 bits per heavy atom. The first kappa shape index (κ1) is 23.1. The van der Waals surface area contributed by atoms with Gasteiger partial charge < -0.3 is 15.0 Å². The number of pyridine rings is 1. The summed E-state index contributed by atoms with van der Waals surface area (Å²) in [5.41, 5.74) is 3.65. The molecule has 0 bridgehead atoms. The van der Waals surface area contributed by atoms with Crippen LogP contribution in [0.2, 0.25) is 5.02 Å². The van der Waals surface area contributed by atoms with E-state index in [9.17, 15) is 9.59 Å². The van der Waals surface area contributed by atoms with E-state index in [1.165, 1.54) is 11.8 Å². The fourth-order valence-electron chi connectivity index (χ4n) is 3.73. The number of hydrogen-bond donors (Lipinski definition) is 1. The highest BCUT2D eigenvalue weighted by Crippen LogP contribution is 2.44. The highest BCUT2D eigenvalue weighted by Gasteiger charge is 2.41. The van der Waals surface area contributed by atoms with E-state index in [0.717, 1.165) is 22.0 Å². The minimum Gasteiger partial charge on any atom is -0.463 e. The lowest BCUT2D eigenvalue weighted by Gasteiger charge is -2.36. The summed E-state index contributed by atoms with van der Waals surface area (Å²) in [6.07, 6.45) is 3.53. The van der Waals surface area contributed by atoms with Crippen LogP contribution in [0.25, 0.3) is 0 Å². The molecule has 2 aliphatic rings. The molecule has 1 atom stereocenters. The summed E-state index contributed by atoms with van der Waals surface area (Å²) < 4.78 is 5.35. The SMILES string of the molecule is CCOC(=O)C1=C(C)N=C2SC=C(CC(=O)NCc3ccncc3)N2[C@@H]1c1ccc(Cl)cc1. The number of amides is 1. The van der Waals surface area contributed by atoms with Crippen LogP contribution in [0, 0.1) is 0 Å². The second kappa shape index (κ2) is 10.2. The lowest BCUT2D eigenvalue weighted by atomic mass is 9.94. The van der Waals surface area contributed by atoms with E-state index in [-0.39, 0.29) is 18.9 Å². The molecule has 3 heterocycles. The number of halogens is 1. The van der Waals surface area contributed by atoms with Gasteiger partial charge in [0.15, 0.2) is 5.17 Å². The second-order valence-corrected chi connectivity index (χ2v) is 8.75. The maximum atomic E-state index is 12.9. The topological polar surface area (TPSA) is 83.9 Å². The number of aliphatic imine (C=N–C) groups is 1. The van der Waals surface area contributed by atoms with Crippen LogP contribution in [0.15, 0.2) is 76.2 Å². The van der Waals surface area contributed by atoms with Gasteiger partial charge in [0.25, 0.3) is 0 Å². The molecule has 0 spiro atoms. The molecule has 1 amide bonds. The molecule has 1 N–H and O–H groups in total. The predicted octanol–water partition coefficient (Wildman–Crippen LogP) is 4.58. The van der Waals surface area contributed by atoms with Crippen molar-refractivity contribution in [3.8, 4) is 0 Å². The van der Waals surface area contributed by atoms with E-state index in [0.29, 0.717) is 22.8 Å². The summed E-state index contributed by atoms with van der Waals surface area (Å²) in [6.45, 7) is 4.25. The van der Waals surface area contributed by atoms with Crippen molar-refractivity contribution < 1.29 is 14.3 Å². The van der Waals surface area contributed by atoms with Crippen molar-refractivity contribution in [1.29, 1.82) is 0 Å². The second-order valence-electron chi connectivity index (χ2n) is 7.47. The molecular formula is C24H23ClN4O3S. The first-order chi connectivity index (χ1) is 16.0. The van der Waals surface area contributed by atoms with E-state index in [2.05, 4.69) is 15.3 Å². The third-order valence-corrected chi connectivity index (χ3v) is 6.40. The number of amidine groups is 1. The maximum Gasteiger partial charge on any atom is 0.338 e. The Kier molecular flexibility index (Phi) is 7.15. The molecule has 0 saturated carbocycles. The molecule has 0 radical (unpaired) electrons. The van der Waals surface area contributed by atoms with Gasteiger partial charge in [0.05, 0.1) is 30.3 Å². The van der Waals surface area contributed by atoms with Crippen molar-refractivity contribution in [3.63, 3.8) is 0 Å². The molecule has 0 unspecified atom stereocenters. The number of nitrogens with zero attached hydrogens (tertiary/aromatic N) is 3. The van der Waals surface area contributed by atoms with Crippen molar-refractivity contribution in [3.05, 3.63) is 87.3 Å². The maximum absolute atomic E-state index is 12.9. The zero-order valence-corrected chi connectivity index (χ0v) is 19.8. The van der Waals surface area contributed by atoms with Gasteiger partial charge in [0.1, 0.15) is 0 Å². The van der Waals surface area contributed by atoms with E-state index in [4.69, 9.17) is 16.3 Å². The van der Waals surface area contributed by atoms with Gasteiger partial charge in [-0.1, -0.05) is 35.5 Å². The molecule has 2 aromatic rings. The number of carbonyl (C=O) groups excluding carboxylic acids is 2. The van der Waals surface area contributed by atoms with Crippen LogP contribution >= 0.6 is 23.4 Å². The molecule has 170 valence electrons. The number of nitrogens with one attached hydrogen (secondary N) is 1. The van der Waals surface area contributed by atoms with Crippen molar-refractivity contribution >= 4 is 40.4 Å². The third-order valence-electron chi connectivity index (χ3n) is 5.26. The summed E-state index contributed by atoms with van der Waals surface area (Å²) in [6, 6.07) is 10.6. The van der Waals surface area contributed by atoms with Crippen molar-refractivity contribution in [2.24, 2.45) is 4.99 Å². The number of rotatable bonds is 7. The van der Waals surface area contributed by atoms with Gasteiger partial charge in [-0.05, 0) is 54.6 Å². The Morgan fingerprint density at radius 3 is 2.61 bits per heavy atom. The third kappa shape index (κ3) is 5.12. The number of hydrogen-bond acceptors (Lipinski definition) is 7. The van der Waals surface area contributed by atoms with Gasteiger partial charge in [-0.2, -0.15) is 0 Å². The Hall–Kier alpha value is -3.10. The van der Waals surface area contributed by atoms with Crippen molar-refractivity contribution in [2.45, 2.75) is 32.9 Å². The van der Waals surface area contributed by atoms with Crippen LogP contribution < -0.4 is 5.32 Å². The van der Waals surface area contributed by atoms with Gasteiger partial charge in [0.2, 0.25) is 5.91 Å². The zero-order chi connectivity index (χ0) is 23.4. The van der Waals surface area contributed by atoms with Gasteiger partial charge in [0, 0.05) is 29.7 Å². The largest absolute Gasteiger partial charge is 0.463 e. The molecule has 1 aromatic carbocycles.